The molecule has 0 fully saturated rings. The molecule has 0 saturated heterocycles. The van der Waals surface area contributed by atoms with E-state index in [-0.39, 0.29) is 0 Å². The molecule has 5 heteroatoms. The first-order valence-corrected chi connectivity index (χ1v) is 24.7. The summed E-state index contributed by atoms with van der Waals surface area (Å²) in [6.07, 6.45) is 2.13. The standard InChI is InChI=1S/C56H34N3PSe/c61-60(40-26-23-36-22-21-35-11-1-3-13-42(35)50(36)33-40,54-32-37-12-2-4-14-43(37)45-15-5-7-17-47(45)54)41-27-30-51(57-34-41)39-25-28-44-38(31-39)24-29-48-46-16-6-8-18-49(46)56-58-52-19-9-10-20-53(52)59(56)55(44)48/h1-34H. The van der Waals surface area contributed by atoms with Gasteiger partial charge in [-0.05, 0) is 12.1 Å². The third-order valence-corrected chi connectivity index (χ3v) is 19.8. The predicted molar refractivity (Wildman–Crippen MR) is 263 cm³/mol. The molecule has 13 aromatic rings. The van der Waals surface area contributed by atoms with Crippen molar-refractivity contribution in [3.05, 3.63) is 206 Å². The fraction of sp³-hybridized carbons (Fsp3) is 0. The van der Waals surface area contributed by atoms with Crippen LogP contribution in [0.25, 0.3) is 103 Å². The van der Waals surface area contributed by atoms with Crippen molar-refractivity contribution in [2.24, 2.45) is 0 Å². The molecule has 0 aliphatic rings. The molecule has 284 valence electrons. The van der Waals surface area contributed by atoms with Gasteiger partial charge in [0.05, 0.1) is 5.52 Å². The SMILES string of the molecule is [Se]=P(c1ccc(-c2ccc3c(ccc4c5ccccc5c5nc6ccccc6n5c34)c2)nc1)(c1ccc2ccc3ccccc3c2c1)c1cc2ccccc2c2ccccc12. The second-order valence-corrected chi connectivity index (χ2v) is 22.2. The minimum absolute atomic E-state index is 0.946. The normalized spacial score (nSPS) is 13.1. The number of hydrogen-bond acceptors (Lipinski definition) is 2. The first kappa shape index (κ1) is 34.9. The van der Waals surface area contributed by atoms with Crippen molar-refractivity contribution in [1.29, 1.82) is 0 Å². The van der Waals surface area contributed by atoms with E-state index >= 15 is 0 Å². The molecule has 0 amide bonds. The monoisotopic (exact) mass is 859 g/mol. The second-order valence-electron chi connectivity index (χ2n) is 16.1. The van der Waals surface area contributed by atoms with E-state index < -0.39 is 5.51 Å². The topological polar surface area (TPSA) is 30.2 Å². The summed E-state index contributed by atoms with van der Waals surface area (Å²) < 4.78 is 2.36. The van der Waals surface area contributed by atoms with Crippen molar-refractivity contribution in [3.8, 4) is 11.3 Å². The van der Waals surface area contributed by atoms with Gasteiger partial charge in [0.25, 0.3) is 0 Å². The Labute approximate surface area is 358 Å². The molecule has 0 radical (unpaired) electrons. The number of imidazole rings is 1. The van der Waals surface area contributed by atoms with E-state index in [1.807, 2.05) is 0 Å². The van der Waals surface area contributed by atoms with E-state index in [1.165, 1.54) is 86.1 Å². The quantitative estimate of drug-likeness (QED) is 0.100. The van der Waals surface area contributed by atoms with E-state index in [2.05, 4.69) is 226 Å². The molecule has 1 unspecified atom stereocenters. The van der Waals surface area contributed by atoms with Gasteiger partial charge in [0, 0.05) is 5.39 Å². The fourth-order valence-corrected chi connectivity index (χ4v) is 15.1. The molecule has 0 aliphatic heterocycles. The summed E-state index contributed by atoms with van der Waals surface area (Å²) in [7, 11) is 0. The summed E-state index contributed by atoms with van der Waals surface area (Å²) >= 11 is 3.91. The van der Waals surface area contributed by atoms with Crippen LogP contribution in [-0.2, 0) is 0 Å². The van der Waals surface area contributed by atoms with Crippen molar-refractivity contribution in [2.75, 3.05) is 0 Å². The molecule has 3 nitrogen and oxygen atoms in total. The summed E-state index contributed by atoms with van der Waals surface area (Å²) in [6, 6.07) is 73.4. The van der Waals surface area contributed by atoms with Crippen LogP contribution in [-0.4, -0.2) is 29.5 Å². The van der Waals surface area contributed by atoms with Crippen molar-refractivity contribution < 1.29 is 0 Å². The van der Waals surface area contributed by atoms with E-state index in [4.69, 9.17) is 9.97 Å². The van der Waals surface area contributed by atoms with Crippen molar-refractivity contribution >= 4 is 129 Å². The first-order valence-electron chi connectivity index (χ1n) is 20.7. The van der Waals surface area contributed by atoms with Crippen LogP contribution in [0.1, 0.15) is 0 Å². The number of rotatable bonds is 4. The fourth-order valence-electron chi connectivity index (χ4n) is 9.93. The Balaban J connectivity index is 1.01. The van der Waals surface area contributed by atoms with Gasteiger partial charge in [0.1, 0.15) is 0 Å². The Morgan fingerprint density at radius 3 is 1.80 bits per heavy atom. The van der Waals surface area contributed by atoms with E-state index in [9.17, 15) is 0 Å². The van der Waals surface area contributed by atoms with Gasteiger partial charge in [0.15, 0.2) is 0 Å². The summed E-state index contributed by atoms with van der Waals surface area (Å²) in [5.74, 6) is 0. The van der Waals surface area contributed by atoms with E-state index in [0.717, 1.165) is 33.3 Å². The van der Waals surface area contributed by atoms with Crippen LogP contribution in [0.15, 0.2) is 206 Å². The number of para-hydroxylation sites is 2. The average molecular weight is 859 g/mol. The van der Waals surface area contributed by atoms with Crippen LogP contribution in [0.2, 0.25) is 0 Å². The van der Waals surface area contributed by atoms with Gasteiger partial charge < -0.3 is 0 Å². The van der Waals surface area contributed by atoms with Gasteiger partial charge in [-0.1, -0.05) is 36.4 Å². The summed E-state index contributed by atoms with van der Waals surface area (Å²) in [5, 5.41) is 19.8. The van der Waals surface area contributed by atoms with Gasteiger partial charge in [-0.25, -0.2) is 4.98 Å². The van der Waals surface area contributed by atoms with Crippen LogP contribution in [0.3, 0.4) is 0 Å². The number of fused-ring (bicyclic) bond motifs is 16. The molecule has 1 atom stereocenters. The Morgan fingerprint density at radius 1 is 0.410 bits per heavy atom. The molecule has 0 saturated carbocycles. The maximum absolute atomic E-state index is 5.31. The summed E-state index contributed by atoms with van der Waals surface area (Å²) in [4.78, 5) is 10.5. The Bertz CT molecular complexity index is 4040. The molecule has 0 aliphatic carbocycles. The van der Waals surface area contributed by atoms with Gasteiger partial charge in [-0.2, -0.15) is 0 Å². The maximum atomic E-state index is 5.31. The van der Waals surface area contributed by atoms with Crippen LogP contribution in [0.4, 0.5) is 0 Å². The Morgan fingerprint density at radius 2 is 1.00 bits per heavy atom. The van der Waals surface area contributed by atoms with Gasteiger partial charge in [-0.3, -0.25) is 0 Å². The molecular weight excluding hydrogens is 825 g/mol. The van der Waals surface area contributed by atoms with Crippen molar-refractivity contribution in [1.82, 2.24) is 14.4 Å². The molecule has 3 aromatic heterocycles. The van der Waals surface area contributed by atoms with E-state index in [1.54, 1.807) is 0 Å². The molecule has 10 aromatic carbocycles. The zero-order valence-electron chi connectivity index (χ0n) is 32.8. The summed E-state index contributed by atoms with van der Waals surface area (Å²) in [5.41, 5.74) is 3.92. The van der Waals surface area contributed by atoms with Gasteiger partial charge in [0.2, 0.25) is 0 Å². The van der Waals surface area contributed by atoms with E-state index in [0.29, 0.717) is 0 Å². The van der Waals surface area contributed by atoms with Crippen LogP contribution in [0, 0.1) is 0 Å². The Kier molecular flexibility index (Phi) is 7.60. The number of hydrogen-bond donors (Lipinski definition) is 0. The number of benzene rings is 10. The molecule has 61 heavy (non-hydrogen) atoms. The van der Waals surface area contributed by atoms with Crippen molar-refractivity contribution in [2.45, 2.75) is 0 Å². The predicted octanol–water partition coefficient (Wildman–Crippen LogP) is 13.0. The molecular formula is C56H34N3PSe. The molecule has 13 rings (SSSR count). The van der Waals surface area contributed by atoms with Gasteiger partial charge in [-0.15, -0.1) is 0 Å². The third-order valence-electron chi connectivity index (χ3n) is 12.8. The summed E-state index contributed by atoms with van der Waals surface area (Å²) in [6.45, 7) is 0. The zero-order chi connectivity index (χ0) is 40.2. The minimum atomic E-state index is -2.39. The van der Waals surface area contributed by atoms with Gasteiger partial charge >= 0.3 is 296 Å². The zero-order valence-corrected chi connectivity index (χ0v) is 35.4. The Hall–Kier alpha value is -6.93. The number of nitrogens with zero attached hydrogens (tertiary/aromatic N) is 3. The second kappa shape index (κ2) is 13.3. The van der Waals surface area contributed by atoms with Crippen LogP contribution in [0.5, 0.6) is 0 Å². The van der Waals surface area contributed by atoms with Crippen LogP contribution >= 0.6 is 5.51 Å². The number of pyridine rings is 2. The van der Waals surface area contributed by atoms with Crippen LogP contribution < -0.4 is 15.9 Å². The number of aromatic nitrogens is 3. The first-order chi connectivity index (χ1) is 30.1. The molecule has 3 heterocycles. The van der Waals surface area contributed by atoms with Crippen molar-refractivity contribution in [3.63, 3.8) is 0 Å². The third kappa shape index (κ3) is 5.14. The molecule has 0 N–H and O–H groups in total. The molecule has 0 spiro atoms. The average Bonchev–Trinajstić information content (AvgIpc) is 3.73. The molecule has 0 bridgehead atoms.